The Morgan fingerprint density at radius 3 is 1.03 bits per heavy atom. The van der Waals surface area contributed by atoms with Crippen LogP contribution in [0, 0.1) is 0 Å². The highest BCUT2D eigenvalue weighted by Crippen LogP contribution is 2.41. The number of amides is 4. The maximum atomic E-state index is 12.9. The third kappa shape index (κ3) is 28.0. The number of morpholine rings is 4. The van der Waals surface area contributed by atoms with Crippen molar-refractivity contribution < 1.29 is 134 Å². The zero-order valence-corrected chi connectivity index (χ0v) is 81.9. The molecule has 0 radical (unpaired) electrons. The quantitative estimate of drug-likeness (QED) is 0.0239. The Kier molecular flexibility index (Phi) is 38.1. The predicted octanol–water partition coefficient (Wildman–Crippen LogP) is 14.3. The Morgan fingerprint density at radius 1 is 0.399 bits per heavy atom. The van der Waals surface area contributed by atoms with Crippen molar-refractivity contribution in [3.8, 4) is 40.0 Å². The first-order chi connectivity index (χ1) is 65.2. The summed E-state index contributed by atoms with van der Waals surface area (Å²) in [5.41, 5.74) is 0.928. The lowest BCUT2D eigenvalue weighted by molar-refractivity contribution is -0.0510. The first-order valence-corrected chi connectivity index (χ1v) is 45.1. The standard InChI is InChI=1S/C26H30F2N6O4.C17H22ClN5O2.2C15H20BF2NO4.C9H8BrF2NO2.C8H5BrF2O3/c1-15-13-36-10-8-33(15)23-18-5-6-20(17-4-7-21(38-25(27)28)19(12-17)24(35)29-3)30-22(18)31-26(32-23)34-9-11-37-14-16(34)2;1-11-9-24-7-5-22(11)16-13-3-4-14(18)19-15(13)20-17(21-16)23-6-8-25-10-12(23)2;2*1-14(2)15(3,4)23-16(22-14)9-6-7-11(21-13(17)18)10(8-9)12(20)19-5;1-13-8(14)6-4-5(10)2-3-7(6)15-9(11)12;9-4-1-2-6(14-8(10)11)5(3-4)7(12)13/h4-7,12,15-16,25H,8-11,13-14H2,1-3H3,(H,29,35);3-4,11-12H,5-10H2,1-2H3;2*6-8,13H,1-5H3,(H,19,20);2-4,9H,1H3,(H,13,14);1-3,8H,(H,12,13)/t15-,16-;11-,12-;;;;/m00..../s1. The number of halogens is 13. The molecule has 6 saturated heterocycles. The van der Waals surface area contributed by atoms with E-state index in [4.69, 9.17) is 79.2 Å². The predicted molar refractivity (Wildman–Crippen MR) is 502 cm³/mol. The van der Waals surface area contributed by atoms with Crippen molar-refractivity contribution >= 4 is 144 Å². The van der Waals surface area contributed by atoms with Crippen LogP contribution in [0.15, 0.2) is 124 Å². The molecule has 4 atom stereocenters. The van der Waals surface area contributed by atoms with Gasteiger partial charge in [-0.05, 0) is 197 Å². The van der Waals surface area contributed by atoms with Crippen LogP contribution in [0.4, 0.5) is 67.4 Å². The molecule has 0 bridgehead atoms. The number of nitrogens with zero attached hydrogens (tertiary/aromatic N) is 10. The molecule has 10 heterocycles. The Labute approximate surface area is 811 Å². The number of nitrogens with one attached hydrogen (secondary N) is 4. The molecule has 0 spiro atoms. The molecule has 9 aromatic rings. The number of hydrogen-bond donors (Lipinski definition) is 5. The summed E-state index contributed by atoms with van der Waals surface area (Å²) in [4.78, 5) is 95.7. The van der Waals surface area contributed by atoms with Gasteiger partial charge in [0.1, 0.15) is 51.1 Å². The molecule has 48 heteroatoms. The Hall–Kier alpha value is -11.0. The first kappa shape index (κ1) is 109. The number of carboxylic acids is 1. The third-order valence-electron chi connectivity index (χ3n) is 23.0. The molecule has 4 amide bonds. The second-order valence-corrected chi connectivity index (χ2v) is 35.6. The zero-order valence-electron chi connectivity index (χ0n) is 78.0. The van der Waals surface area contributed by atoms with Gasteiger partial charge in [-0.15, -0.1) is 0 Å². The van der Waals surface area contributed by atoms with Crippen LogP contribution < -0.4 is 75.5 Å². The Bertz CT molecular complexity index is 5620. The van der Waals surface area contributed by atoms with Crippen molar-refractivity contribution in [3.05, 3.63) is 157 Å². The van der Waals surface area contributed by atoms with Crippen molar-refractivity contribution in [1.29, 1.82) is 0 Å². The molecule has 5 N–H and O–H groups in total. The summed E-state index contributed by atoms with van der Waals surface area (Å²) < 4.78 is 192. The van der Waals surface area contributed by atoms with Gasteiger partial charge in [-0.3, -0.25) is 19.2 Å². The smallest absolute Gasteiger partial charge is 0.478 e. The number of alkyl halides is 10. The van der Waals surface area contributed by atoms with Gasteiger partial charge in [-0.25, -0.2) is 14.8 Å². The summed E-state index contributed by atoms with van der Waals surface area (Å²) >= 11 is 12.3. The molecule has 138 heavy (non-hydrogen) atoms. The summed E-state index contributed by atoms with van der Waals surface area (Å²) in [6, 6.07) is 29.2. The van der Waals surface area contributed by atoms with Crippen LogP contribution in [0.25, 0.3) is 33.3 Å². The molecule has 6 aliphatic heterocycles. The highest BCUT2D eigenvalue weighted by molar-refractivity contribution is 9.10. The van der Waals surface area contributed by atoms with Crippen molar-refractivity contribution in [3.63, 3.8) is 0 Å². The lowest BCUT2D eigenvalue weighted by Gasteiger charge is -2.37. The highest BCUT2D eigenvalue weighted by Gasteiger charge is 2.53. The Morgan fingerprint density at radius 2 is 0.696 bits per heavy atom. The average molecular weight is 2090 g/mol. The number of anilines is 4. The summed E-state index contributed by atoms with van der Waals surface area (Å²) in [5, 5.41) is 20.4. The number of pyridine rings is 2. The van der Waals surface area contributed by atoms with Crippen molar-refractivity contribution in [2.45, 2.75) is 163 Å². The van der Waals surface area contributed by atoms with Gasteiger partial charge in [-0.2, -0.15) is 63.8 Å². The van der Waals surface area contributed by atoms with Crippen LogP contribution in [0.3, 0.4) is 0 Å². The van der Waals surface area contributed by atoms with E-state index in [9.17, 15) is 67.9 Å². The second-order valence-electron chi connectivity index (χ2n) is 33.4. The van der Waals surface area contributed by atoms with E-state index in [1.165, 1.54) is 101 Å². The summed E-state index contributed by atoms with van der Waals surface area (Å²) in [6.07, 6.45) is 0. The molecule has 33 nitrogen and oxygen atoms in total. The van der Waals surface area contributed by atoms with Crippen LogP contribution >= 0.6 is 43.5 Å². The van der Waals surface area contributed by atoms with Gasteiger partial charge in [0.05, 0.1) is 138 Å². The van der Waals surface area contributed by atoms with Gasteiger partial charge in [0.2, 0.25) is 11.9 Å². The van der Waals surface area contributed by atoms with Gasteiger partial charge >= 0.3 is 53.3 Å². The molecule has 0 saturated carbocycles. The Balaban J connectivity index is 0.000000176. The molecular formula is C90H105B2Br2ClF10N14O19. The summed E-state index contributed by atoms with van der Waals surface area (Å²) in [5.74, 6) is -1.56. The minimum atomic E-state index is -3.05. The number of carbonyl (C=O) groups is 5. The number of benzene rings is 5. The number of fused-ring (bicyclic) bond motifs is 2. The number of carbonyl (C=O) groups excluding carboxylic acids is 4. The van der Waals surface area contributed by atoms with E-state index in [0.29, 0.717) is 125 Å². The van der Waals surface area contributed by atoms with Gasteiger partial charge in [0, 0.05) is 68.9 Å². The monoisotopic (exact) mass is 2090 g/mol. The number of rotatable bonds is 22. The molecule has 6 aliphatic rings. The number of ether oxygens (including phenoxy) is 9. The van der Waals surface area contributed by atoms with Crippen molar-refractivity contribution in [2.24, 2.45) is 0 Å². The fraction of sp³-hybridized carbons (Fsp3) is 0.456. The van der Waals surface area contributed by atoms with Gasteiger partial charge < -0.3 is 107 Å². The van der Waals surface area contributed by atoms with Gasteiger partial charge in [-0.1, -0.05) is 55.6 Å². The summed E-state index contributed by atoms with van der Waals surface area (Å²) in [7, 11) is 4.28. The molecule has 0 aliphatic carbocycles. The van der Waals surface area contributed by atoms with Crippen LogP contribution in [-0.4, -0.2) is 266 Å². The minimum absolute atomic E-state index is 0.0000113. The van der Waals surface area contributed by atoms with Crippen molar-refractivity contribution in [2.75, 3.05) is 127 Å². The highest BCUT2D eigenvalue weighted by atomic mass is 79.9. The second kappa shape index (κ2) is 48.2. The lowest BCUT2D eigenvalue weighted by atomic mass is 9.78. The lowest BCUT2D eigenvalue weighted by Crippen LogP contribution is -2.46. The maximum absolute atomic E-state index is 12.9. The zero-order chi connectivity index (χ0) is 101. The molecule has 4 aromatic heterocycles. The van der Waals surface area contributed by atoms with Crippen LogP contribution in [0.1, 0.15) is 135 Å². The van der Waals surface area contributed by atoms with E-state index in [1.807, 2.05) is 73.6 Å². The topological polar surface area (TPSA) is 364 Å². The normalized spacial score (nSPS) is 18.5. The molecule has 746 valence electrons. The summed E-state index contributed by atoms with van der Waals surface area (Å²) in [6.45, 7) is 16.6. The number of aromatic nitrogens is 6. The van der Waals surface area contributed by atoms with Crippen LogP contribution in [0.5, 0.6) is 28.7 Å². The average Bonchev–Trinajstić information content (AvgIpc) is 1.64. The number of aromatic carboxylic acids is 1. The minimum Gasteiger partial charge on any atom is -0.478 e. The maximum Gasteiger partial charge on any atom is 0.494 e. The van der Waals surface area contributed by atoms with Crippen molar-refractivity contribution in [1.82, 2.24) is 51.2 Å². The van der Waals surface area contributed by atoms with E-state index in [0.717, 1.165) is 35.5 Å². The SMILES string of the molecule is CNC(=O)c1cc(-c2ccc3c(N4CCOC[C@@H]4C)nc(N4CCOC[C@@H]4C)nc3n2)ccc1OC(F)F.CNC(=O)c1cc(B2OC(C)(C)C(C)(C)O2)ccc1OC(F)F.CNC(=O)c1cc(B2OC(C)(C)C(C)(C)O2)ccc1OC(F)F.CNC(=O)c1cc(Br)ccc1OC(F)F.C[C@H]1COCCN1c1nc(N2CCOC[C@@H]2C)c2ccc(Cl)nc2n1.O=C(O)c1cc(Br)ccc1OC(F)F. The molecule has 5 aromatic carbocycles. The van der Waals surface area contributed by atoms with Crippen LogP contribution in [0.2, 0.25) is 5.15 Å². The number of hydrogen-bond acceptors (Lipinski definition) is 28. The fourth-order valence-corrected chi connectivity index (χ4v) is 15.2. The van der Waals surface area contributed by atoms with Crippen LogP contribution in [-0.2, 0) is 37.6 Å². The largest absolute Gasteiger partial charge is 0.494 e. The van der Waals surface area contributed by atoms with E-state index >= 15 is 0 Å². The van der Waals surface area contributed by atoms with E-state index in [-0.39, 0.29) is 80.7 Å². The fourth-order valence-electron chi connectivity index (χ4n) is 14.4. The first-order valence-electron chi connectivity index (χ1n) is 43.2. The molecular weight excluding hydrogens is 1990 g/mol. The van der Waals surface area contributed by atoms with E-state index < -0.39 is 99.3 Å². The van der Waals surface area contributed by atoms with E-state index in [2.05, 4.69) is 129 Å². The van der Waals surface area contributed by atoms with Gasteiger partial charge in [0.15, 0.2) is 11.3 Å². The number of carboxylic acid groups (broad SMARTS) is 1. The molecule has 6 fully saturated rings. The van der Waals surface area contributed by atoms with Gasteiger partial charge in [0.25, 0.3) is 23.6 Å². The van der Waals surface area contributed by atoms with E-state index in [1.54, 1.807) is 24.3 Å². The third-order valence-corrected chi connectivity index (χ3v) is 24.2. The molecule has 0 unspecified atom stereocenters. The molecule has 15 rings (SSSR count).